The molecule has 0 spiro atoms. The van der Waals surface area contributed by atoms with E-state index >= 15 is 0 Å². The standard InChI is InChI=1S/C12H16N2O2/c1-3-14(9-4-5-9)11-10(12(15)16)8(2)6-7-13-11/h6-7,9H,3-5H2,1-2H3,(H,15,16). The van der Waals surface area contributed by atoms with Crippen molar-refractivity contribution >= 4 is 11.8 Å². The lowest BCUT2D eigenvalue weighted by Crippen LogP contribution is -2.28. The van der Waals surface area contributed by atoms with Crippen LogP contribution in [0.4, 0.5) is 5.82 Å². The second-order valence-corrected chi connectivity index (χ2v) is 4.15. The number of pyridine rings is 1. The van der Waals surface area contributed by atoms with Crippen molar-refractivity contribution < 1.29 is 9.90 Å². The Labute approximate surface area is 94.9 Å². The molecule has 16 heavy (non-hydrogen) atoms. The SMILES string of the molecule is CCN(c1nccc(C)c1C(=O)O)C1CC1. The van der Waals surface area contributed by atoms with Crippen LogP contribution in [0.5, 0.6) is 0 Å². The fraction of sp³-hybridized carbons (Fsp3) is 0.500. The number of nitrogens with zero attached hydrogens (tertiary/aromatic N) is 2. The van der Waals surface area contributed by atoms with E-state index in [0.29, 0.717) is 17.4 Å². The highest BCUT2D eigenvalue weighted by atomic mass is 16.4. The van der Waals surface area contributed by atoms with Crippen molar-refractivity contribution in [3.8, 4) is 0 Å². The number of hydrogen-bond donors (Lipinski definition) is 1. The summed E-state index contributed by atoms with van der Waals surface area (Å²) in [6.07, 6.45) is 3.97. The lowest BCUT2D eigenvalue weighted by molar-refractivity contribution is 0.0696. The van der Waals surface area contributed by atoms with Crippen LogP contribution in [0.15, 0.2) is 12.3 Å². The van der Waals surface area contributed by atoms with Crippen molar-refractivity contribution in [2.24, 2.45) is 0 Å². The van der Waals surface area contributed by atoms with Gasteiger partial charge in [-0.1, -0.05) is 0 Å². The predicted molar refractivity (Wildman–Crippen MR) is 62.0 cm³/mol. The molecule has 0 saturated heterocycles. The Morgan fingerprint density at radius 2 is 2.31 bits per heavy atom. The molecule has 1 N–H and O–H groups in total. The van der Waals surface area contributed by atoms with Crippen LogP contribution >= 0.6 is 0 Å². The van der Waals surface area contributed by atoms with Crippen molar-refractivity contribution in [3.05, 3.63) is 23.4 Å². The molecule has 1 heterocycles. The average molecular weight is 220 g/mol. The van der Waals surface area contributed by atoms with Crippen molar-refractivity contribution in [3.63, 3.8) is 0 Å². The summed E-state index contributed by atoms with van der Waals surface area (Å²) in [6.45, 7) is 4.66. The van der Waals surface area contributed by atoms with Crippen molar-refractivity contribution in [1.82, 2.24) is 4.98 Å². The number of anilines is 1. The summed E-state index contributed by atoms with van der Waals surface area (Å²) in [5, 5.41) is 9.23. The largest absolute Gasteiger partial charge is 0.478 e. The van der Waals surface area contributed by atoms with Crippen LogP contribution in [0.25, 0.3) is 0 Å². The molecule has 0 amide bonds. The molecule has 1 fully saturated rings. The fourth-order valence-corrected chi connectivity index (χ4v) is 1.99. The highest BCUT2D eigenvalue weighted by molar-refractivity contribution is 5.95. The number of carbonyl (C=O) groups is 1. The Balaban J connectivity index is 2.45. The summed E-state index contributed by atoms with van der Waals surface area (Å²) < 4.78 is 0. The number of carboxylic acid groups (broad SMARTS) is 1. The minimum Gasteiger partial charge on any atom is -0.478 e. The zero-order chi connectivity index (χ0) is 11.7. The molecular weight excluding hydrogens is 204 g/mol. The molecule has 1 aromatic rings. The van der Waals surface area contributed by atoms with Gasteiger partial charge in [0.2, 0.25) is 0 Å². The summed E-state index contributed by atoms with van der Waals surface area (Å²) >= 11 is 0. The van der Waals surface area contributed by atoms with Gasteiger partial charge in [-0.05, 0) is 38.3 Å². The lowest BCUT2D eigenvalue weighted by atomic mass is 10.1. The molecule has 0 radical (unpaired) electrons. The van der Waals surface area contributed by atoms with E-state index in [4.69, 9.17) is 0 Å². The van der Waals surface area contributed by atoms with Crippen molar-refractivity contribution in [2.45, 2.75) is 32.7 Å². The van der Waals surface area contributed by atoms with E-state index < -0.39 is 5.97 Å². The lowest BCUT2D eigenvalue weighted by Gasteiger charge is -2.23. The van der Waals surface area contributed by atoms with Crippen LogP contribution in [0.1, 0.15) is 35.7 Å². The Kier molecular flexibility index (Phi) is 2.81. The van der Waals surface area contributed by atoms with Crippen LogP contribution in [-0.4, -0.2) is 28.6 Å². The number of aromatic carboxylic acids is 1. The molecule has 0 aliphatic heterocycles. The number of carboxylic acids is 1. The summed E-state index contributed by atoms with van der Waals surface area (Å²) in [6, 6.07) is 2.23. The third-order valence-corrected chi connectivity index (χ3v) is 2.95. The van der Waals surface area contributed by atoms with Gasteiger partial charge in [0.1, 0.15) is 11.4 Å². The van der Waals surface area contributed by atoms with Gasteiger partial charge in [0, 0.05) is 18.8 Å². The first-order valence-electron chi connectivity index (χ1n) is 5.60. The van der Waals surface area contributed by atoms with Gasteiger partial charge in [-0.15, -0.1) is 0 Å². The predicted octanol–water partition coefficient (Wildman–Crippen LogP) is 2.08. The first-order valence-corrected chi connectivity index (χ1v) is 5.60. The molecule has 4 heteroatoms. The van der Waals surface area contributed by atoms with E-state index in [1.807, 2.05) is 13.8 Å². The van der Waals surface area contributed by atoms with E-state index in [2.05, 4.69) is 9.88 Å². The van der Waals surface area contributed by atoms with E-state index in [0.717, 1.165) is 24.9 Å². The molecule has 4 nitrogen and oxygen atoms in total. The van der Waals surface area contributed by atoms with Gasteiger partial charge in [-0.2, -0.15) is 0 Å². The smallest absolute Gasteiger partial charge is 0.339 e. The van der Waals surface area contributed by atoms with E-state index in [9.17, 15) is 9.90 Å². The quantitative estimate of drug-likeness (QED) is 0.844. The molecule has 1 saturated carbocycles. The summed E-state index contributed by atoms with van der Waals surface area (Å²) in [7, 11) is 0. The third-order valence-electron chi connectivity index (χ3n) is 2.95. The molecule has 0 atom stereocenters. The van der Waals surface area contributed by atoms with Crippen LogP contribution in [-0.2, 0) is 0 Å². The van der Waals surface area contributed by atoms with Crippen LogP contribution in [0.2, 0.25) is 0 Å². The molecule has 1 aliphatic carbocycles. The Bertz CT molecular complexity index is 413. The highest BCUT2D eigenvalue weighted by Crippen LogP contribution is 2.32. The number of aryl methyl sites for hydroxylation is 1. The molecule has 86 valence electrons. The van der Waals surface area contributed by atoms with Crippen LogP contribution < -0.4 is 4.90 Å². The van der Waals surface area contributed by atoms with Gasteiger partial charge in [-0.25, -0.2) is 9.78 Å². The number of hydrogen-bond acceptors (Lipinski definition) is 3. The maximum Gasteiger partial charge on any atom is 0.339 e. The summed E-state index contributed by atoms with van der Waals surface area (Å²) in [4.78, 5) is 17.6. The van der Waals surface area contributed by atoms with Gasteiger partial charge >= 0.3 is 5.97 Å². The zero-order valence-electron chi connectivity index (χ0n) is 9.60. The minimum atomic E-state index is -0.889. The fourth-order valence-electron chi connectivity index (χ4n) is 1.99. The molecular formula is C12H16N2O2. The van der Waals surface area contributed by atoms with Gasteiger partial charge in [0.25, 0.3) is 0 Å². The van der Waals surface area contributed by atoms with Gasteiger partial charge < -0.3 is 10.0 Å². The maximum absolute atomic E-state index is 11.2. The normalized spacial score (nSPS) is 14.9. The highest BCUT2D eigenvalue weighted by Gasteiger charge is 2.31. The Hall–Kier alpha value is -1.58. The number of rotatable bonds is 4. The molecule has 2 rings (SSSR count). The first kappa shape index (κ1) is 10.9. The van der Waals surface area contributed by atoms with Crippen LogP contribution in [0, 0.1) is 6.92 Å². The topological polar surface area (TPSA) is 53.4 Å². The first-order chi connectivity index (χ1) is 7.65. The molecule has 1 aromatic heterocycles. The van der Waals surface area contributed by atoms with E-state index in [1.165, 1.54) is 0 Å². The van der Waals surface area contributed by atoms with Crippen molar-refractivity contribution in [2.75, 3.05) is 11.4 Å². The number of aromatic nitrogens is 1. The van der Waals surface area contributed by atoms with Gasteiger partial charge in [-0.3, -0.25) is 0 Å². The average Bonchev–Trinajstić information content (AvgIpc) is 3.02. The molecule has 0 unspecified atom stereocenters. The minimum absolute atomic E-state index is 0.344. The third kappa shape index (κ3) is 1.87. The summed E-state index contributed by atoms with van der Waals surface area (Å²) in [5.74, 6) is -0.266. The Morgan fingerprint density at radius 3 is 2.81 bits per heavy atom. The zero-order valence-corrected chi connectivity index (χ0v) is 9.60. The van der Waals surface area contributed by atoms with Crippen molar-refractivity contribution in [1.29, 1.82) is 0 Å². The van der Waals surface area contributed by atoms with Gasteiger partial charge in [0.15, 0.2) is 0 Å². The summed E-state index contributed by atoms with van der Waals surface area (Å²) in [5.41, 5.74) is 1.12. The van der Waals surface area contributed by atoms with E-state index in [-0.39, 0.29) is 0 Å². The maximum atomic E-state index is 11.2. The Morgan fingerprint density at radius 1 is 1.62 bits per heavy atom. The molecule has 0 aromatic carbocycles. The van der Waals surface area contributed by atoms with Gasteiger partial charge in [0.05, 0.1) is 0 Å². The van der Waals surface area contributed by atoms with E-state index in [1.54, 1.807) is 12.3 Å². The monoisotopic (exact) mass is 220 g/mol. The second kappa shape index (κ2) is 4.12. The molecule has 0 bridgehead atoms. The second-order valence-electron chi connectivity index (χ2n) is 4.15. The van der Waals surface area contributed by atoms with Crippen LogP contribution in [0.3, 0.4) is 0 Å². The molecule has 1 aliphatic rings.